The molecule has 0 aromatic heterocycles. The highest BCUT2D eigenvalue weighted by Crippen LogP contribution is 2.37. The molecule has 0 fully saturated rings. The number of carboxylic acid groups (broad SMARTS) is 1. The third-order valence-electron chi connectivity index (χ3n) is 1.24. The van der Waals surface area contributed by atoms with E-state index in [1.54, 1.807) is 20.3 Å². The second-order valence-corrected chi connectivity index (χ2v) is 6.55. The first kappa shape index (κ1) is 11.3. The van der Waals surface area contributed by atoms with Gasteiger partial charge in [0.1, 0.15) is 5.92 Å². The molecular formula is C8H13O3P. The van der Waals surface area contributed by atoms with Gasteiger partial charge >= 0.3 is 5.97 Å². The highest BCUT2D eigenvalue weighted by atomic mass is 31.2. The average Bonchev–Trinajstić information content (AvgIpc) is 1.83. The van der Waals surface area contributed by atoms with Crippen LogP contribution >= 0.6 is 7.14 Å². The molecule has 0 bridgehead atoms. The van der Waals surface area contributed by atoms with Gasteiger partial charge in [-0.1, -0.05) is 5.92 Å². The van der Waals surface area contributed by atoms with Gasteiger partial charge in [-0.3, -0.25) is 4.79 Å². The lowest BCUT2D eigenvalue weighted by Gasteiger charge is -2.08. The summed E-state index contributed by atoms with van der Waals surface area (Å²) in [6.45, 7) is 4.72. The molecule has 0 saturated carbocycles. The molecule has 0 aliphatic rings. The Kier molecular flexibility index (Phi) is 4.06. The lowest BCUT2D eigenvalue weighted by Crippen LogP contribution is -2.15. The van der Waals surface area contributed by atoms with Crippen molar-refractivity contribution >= 4 is 13.1 Å². The Labute approximate surface area is 72.5 Å². The van der Waals surface area contributed by atoms with Crippen LogP contribution in [0.3, 0.4) is 0 Å². The standard InChI is InChI=1S/C8H13O3P/c1-4-5-7(8(9)10)6-12(2,3)11/h7H,6H2,1-3H3,(H,9,10). The van der Waals surface area contributed by atoms with Crippen molar-refractivity contribution < 1.29 is 14.5 Å². The van der Waals surface area contributed by atoms with Crippen molar-refractivity contribution in [2.45, 2.75) is 6.92 Å². The Morgan fingerprint density at radius 1 is 1.58 bits per heavy atom. The maximum absolute atomic E-state index is 11.3. The largest absolute Gasteiger partial charge is 0.480 e. The topological polar surface area (TPSA) is 54.4 Å². The summed E-state index contributed by atoms with van der Waals surface area (Å²) in [5, 5.41) is 8.64. The summed E-state index contributed by atoms with van der Waals surface area (Å²) in [6.07, 6.45) is 0.156. The Hall–Kier alpha value is -0.740. The molecule has 3 nitrogen and oxygen atoms in total. The summed E-state index contributed by atoms with van der Waals surface area (Å²) in [6, 6.07) is 0. The first-order chi connectivity index (χ1) is 5.37. The lowest BCUT2D eigenvalue weighted by molar-refractivity contribution is -0.139. The molecule has 12 heavy (non-hydrogen) atoms. The summed E-state index contributed by atoms with van der Waals surface area (Å²) in [7, 11) is -2.29. The van der Waals surface area contributed by atoms with Gasteiger partial charge in [-0.25, -0.2) is 0 Å². The van der Waals surface area contributed by atoms with Crippen LogP contribution in [0.2, 0.25) is 0 Å². The number of hydrogen-bond acceptors (Lipinski definition) is 2. The van der Waals surface area contributed by atoms with Gasteiger partial charge < -0.3 is 9.67 Å². The smallest absolute Gasteiger partial charge is 0.319 e. The maximum atomic E-state index is 11.3. The van der Waals surface area contributed by atoms with Crippen molar-refractivity contribution in [1.29, 1.82) is 0 Å². The molecule has 1 atom stereocenters. The minimum absolute atomic E-state index is 0.156. The lowest BCUT2D eigenvalue weighted by atomic mass is 10.2. The van der Waals surface area contributed by atoms with Crippen molar-refractivity contribution in [2.75, 3.05) is 19.5 Å². The average molecular weight is 188 g/mol. The maximum Gasteiger partial charge on any atom is 0.319 e. The molecular weight excluding hydrogens is 175 g/mol. The van der Waals surface area contributed by atoms with E-state index in [0.717, 1.165) is 0 Å². The normalized spacial score (nSPS) is 12.9. The zero-order valence-electron chi connectivity index (χ0n) is 7.50. The molecule has 0 aliphatic carbocycles. The van der Waals surface area contributed by atoms with Crippen LogP contribution in [0.4, 0.5) is 0 Å². The Morgan fingerprint density at radius 3 is 2.33 bits per heavy atom. The fourth-order valence-electron chi connectivity index (χ4n) is 0.799. The van der Waals surface area contributed by atoms with E-state index >= 15 is 0 Å². The molecule has 0 spiro atoms. The zero-order valence-corrected chi connectivity index (χ0v) is 8.39. The molecule has 0 heterocycles. The molecule has 0 radical (unpaired) electrons. The van der Waals surface area contributed by atoms with E-state index in [4.69, 9.17) is 5.11 Å². The van der Waals surface area contributed by atoms with Crippen LogP contribution in [0.1, 0.15) is 6.92 Å². The van der Waals surface area contributed by atoms with Gasteiger partial charge in [0.25, 0.3) is 0 Å². The molecule has 1 N–H and O–H groups in total. The minimum Gasteiger partial charge on any atom is -0.480 e. The first-order valence-electron chi connectivity index (χ1n) is 3.56. The second kappa shape index (κ2) is 4.33. The zero-order chi connectivity index (χ0) is 9.78. The van der Waals surface area contributed by atoms with Crippen LogP contribution in [0.15, 0.2) is 0 Å². The monoisotopic (exact) mass is 188 g/mol. The Bertz CT molecular complexity index is 266. The van der Waals surface area contributed by atoms with Gasteiger partial charge in [0.05, 0.1) is 7.14 Å². The van der Waals surface area contributed by atoms with Crippen molar-refractivity contribution in [3.8, 4) is 11.8 Å². The van der Waals surface area contributed by atoms with E-state index < -0.39 is 19.0 Å². The summed E-state index contributed by atoms with van der Waals surface area (Å²) < 4.78 is 11.3. The molecule has 68 valence electrons. The predicted octanol–water partition coefficient (Wildman–Crippen LogP) is 1.33. The number of carboxylic acids is 1. The van der Waals surface area contributed by atoms with Crippen LogP contribution in [-0.2, 0) is 9.36 Å². The third kappa shape index (κ3) is 4.98. The second-order valence-electron chi connectivity index (χ2n) is 3.04. The quantitative estimate of drug-likeness (QED) is 0.537. The SMILES string of the molecule is CC#CC(CP(C)(C)=O)C(=O)O. The summed E-state index contributed by atoms with van der Waals surface area (Å²) >= 11 is 0. The first-order valence-corrected chi connectivity index (χ1v) is 6.34. The number of hydrogen-bond donors (Lipinski definition) is 1. The highest BCUT2D eigenvalue weighted by Gasteiger charge is 2.21. The Morgan fingerprint density at radius 2 is 2.08 bits per heavy atom. The molecule has 1 unspecified atom stereocenters. The van der Waals surface area contributed by atoms with Gasteiger partial charge in [0.2, 0.25) is 0 Å². The van der Waals surface area contributed by atoms with Crippen molar-refractivity contribution in [3.05, 3.63) is 0 Å². The van der Waals surface area contributed by atoms with E-state index in [-0.39, 0.29) is 6.16 Å². The molecule has 0 saturated heterocycles. The van der Waals surface area contributed by atoms with Crippen LogP contribution in [0.5, 0.6) is 0 Å². The van der Waals surface area contributed by atoms with Crippen LogP contribution in [-0.4, -0.2) is 30.6 Å². The van der Waals surface area contributed by atoms with Crippen LogP contribution < -0.4 is 0 Å². The van der Waals surface area contributed by atoms with Gasteiger partial charge in [-0.05, 0) is 20.3 Å². The van der Waals surface area contributed by atoms with E-state index in [0.29, 0.717) is 0 Å². The fourth-order valence-corrected chi connectivity index (χ4v) is 1.93. The molecule has 0 aromatic carbocycles. The molecule has 0 aliphatic heterocycles. The van der Waals surface area contributed by atoms with Gasteiger partial charge in [-0.2, -0.15) is 0 Å². The van der Waals surface area contributed by atoms with Crippen LogP contribution in [0, 0.1) is 17.8 Å². The van der Waals surface area contributed by atoms with E-state index in [1.165, 1.54) is 0 Å². The van der Waals surface area contributed by atoms with Crippen molar-refractivity contribution in [3.63, 3.8) is 0 Å². The van der Waals surface area contributed by atoms with Crippen molar-refractivity contribution in [2.24, 2.45) is 5.92 Å². The molecule has 4 heteroatoms. The van der Waals surface area contributed by atoms with E-state index in [9.17, 15) is 9.36 Å². The third-order valence-corrected chi connectivity index (χ3v) is 2.48. The van der Waals surface area contributed by atoms with Crippen LogP contribution in [0.25, 0.3) is 0 Å². The summed E-state index contributed by atoms with van der Waals surface area (Å²) in [5.74, 6) is 3.26. The summed E-state index contributed by atoms with van der Waals surface area (Å²) in [4.78, 5) is 10.5. The molecule has 0 amide bonds. The number of rotatable bonds is 3. The van der Waals surface area contributed by atoms with E-state index in [2.05, 4.69) is 11.8 Å². The summed E-state index contributed by atoms with van der Waals surface area (Å²) in [5.41, 5.74) is 0. The van der Waals surface area contributed by atoms with Gasteiger partial charge in [0, 0.05) is 6.16 Å². The van der Waals surface area contributed by atoms with Gasteiger partial charge in [-0.15, -0.1) is 5.92 Å². The van der Waals surface area contributed by atoms with E-state index in [1.807, 2.05) is 0 Å². The number of carbonyl (C=O) groups is 1. The highest BCUT2D eigenvalue weighted by molar-refractivity contribution is 7.62. The van der Waals surface area contributed by atoms with Gasteiger partial charge in [0.15, 0.2) is 0 Å². The fraction of sp³-hybridized carbons (Fsp3) is 0.625. The van der Waals surface area contributed by atoms with Crippen molar-refractivity contribution in [1.82, 2.24) is 0 Å². The molecule has 0 aromatic rings. The Balaban J connectivity index is 4.42. The predicted molar refractivity (Wildman–Crippen MR) is 48.9 cm³/mol. The number of aliphatic carboxylic acids is 1. The molecule has 0 rings (SSSR count). The minimum atomic E-state index is -2.29.